The first-order valence-electron chi connectivity index (χ1n) is 7.54. The van der Waals surface area contributed by atoms with E-state index < -0.39 is 0 Å². The molecule has 0 unspecified atom stereocenters. The number of carbonyl (C=O) groups is 2. The van der Waals surface area contributed by atoms with E-state index in [4.69, 9.17) is 11.6 Å². The lowest BCUT2D eigenvalue weighted by Crippen LogP contribution is -2.19. The fraction of sp³-hybridized carbons (Fsp3) is 0.222. The van der Waals surface area contributed by atoms with E-state index in [0.717, 1.165) is 11.5 Å². The minimum Gasteiger partial charge on any atom is -0.355 e. The second-order valence-corrected chi connectivity index (χ2v) is 6.74. The number of amides is 2. The monoisotopic (exact) mass is 362 g/mol. The average Bonchev–Trinajstić information content (AvgIpc) is 2.61. The van der Waals surface area contributed by atoms with Gasteiger partial charge in [0.25, 0.3) is 11.8 Å². The lowest BCUT2D eigenvalue weighted by atomic mass is 10.1. The first kappa shape index (κ1) is 18.4. The van der Waals surface area contributed by atoms with Crippen LogP contribution in [0.1, 0.15) is 33.2 Å². The zero-order valence-corrected chi connectivity index (χ0v) is 15.1. The van der Waals surface area contributed by atoms with E-state index in [2.05, 4.69) is 17.6 Å². The van der Waals surface area contributed by atoms with Crippen molar-refractivity contribution in [1.29, 1.82) is 0 Å². The molecule has 0 aliphatic heterocycles. The van der Waals surface area contributed by atoms with E-state index in [1.165, 1.54) is 12.6 Å². The zero-order valence-electron chi connectivity index (χ0n) is 13.6. The van der Waals surface area contributed by atoms with Gasteiger partial charge in [0.2, 0.25) is 0 Å². The molecule has 0 atom stereocenters. The summed E-state index contributed by atoms with van der Waals surface area (Å²) in [7, 11) is 1.53. The lowest BCUT2D eigenvalue weighted by molar-refractivity contribution is 0.0961. The Labute approximate surface area is 151 Å². The van der Waals surface area contributed by atoms with Crippen LogP contribution >= 0.6 is 23.4 Å². The lowest BCUT2D eigenvalue weighted by Gasteiger charge is -2.09. The Morgan fingerprint density at radius 2 is 1.79 bits per heavy atom. The van der Waals surface area contributed by atoms with Crippen molar-refractivity contribution in [3.05, 3.63) is 64.2 Å². The molecule has 6 heteroatoms. The molecule has 24 heavy (non-hydrogen) atoms. The Hall–Kier alpha value is -1.98. The number of hydrogen-bond acceptors (Lipinski definition) is 3. The highest BCUT2D eigenvalue weighted by Gasteiger charge is 2.12. The van der Waals surface area contributed by atoms with Crippen LogP contribution in [0.3, 0.4) is 0 Å². The maximum Gasteiger partial charge on any atom is 0.255 e. The van der Waals surface area contributed by atoms with Crippen LogP contribution in [0.25, 0.3) is 0 Å². The zero-order chi connectivity index (χ0) is 17.5. The normalized spacial score (nSPS) is 10.3. The molecule has 0 fully saturated rings. The van der Waals surface area contributed by atoms with Crippen molar-refractivity contribution in [3.8, 4) is 0 Å². The van der Waals surface area contributed by atoms with Crippen LogP contribution in [0.5, 0.6) is 0 Å². The topological polar surface area (TPSA) is 58.2 Å². The molecule has 126 valence electrons. The summed E-state index contributed by atoms with van der Waals surface area (Å²) in [5, 5.41) is 5.64. The van der Waals surface area contributed by atoms with Gasteiger partial charge in [-0.1, -0.05) is 30.7 Å². The summed E-state index contributed by atoms with van der Waals surface area (Å²) in [5.74, 6) is 1.47. The van der Waals surface area contributed by atoms with Crippen LogP contribution in [0, 0.1) is 0 Å². The van der Waals surface area contributed by atoms with Gasteiger partial charge >= 0.3 is 0 Å². The highest BCUT2D eigenvalue weighted by Crippen LogP contribution is 2.21. The molecule has 4 nitrogen and oxygen atoms in total. The Morgan fingerprint density at radius 1 is 1.08 bits per heavy atom. The smallest absolute Gasteiger partial charge is 0.255 e. The molecule has 0 heterocycles. The third-order valence-corrected chi connectivity index (χ3v) is 4.66. The second-order valence-electron chi connectivity index (χ2n) is 5.06. The van der Waals surface area contributed by atoms with Crippen LogP contribution in [0.2, 0.25) is 5.02 Å². The predicted octanol–water partition coefficient (Wildman–Crippen LogP) is 4.21. The number of halogens is 1. The van der Waals surface area contributed by atoms with Gasteiger partial charge in [-0.3, -0.25) is 9.59 Å². The minimum atomic E-state index is -0.297. The summed E-state index contributed by atoms with van der Waals surface area (Å²) in [6.07, 6.45) is 0. The van der Waals surface area contributed by atoms with Crippen molar-refractivity contribution in [2.45, 2.75) is 12.7 Å². The standard InChI is InChI=1S/C18H19ClN2O2S/c1-3-24-11-12-4-6-13(7-5-12)17(22)21-14-8-9-16(19)15(10-14)18(23)20-2/h4-10H,3,11H2,1-2H3,(H,20,23)(H,21,22). The Kier molecular flexibility index (Phi) is 6.70. The van der Waals surface area contributed by atoms with Gasteiger partial charge in [0.1, 0.15) is 0 Å². The number of hydrogen-bond donors (Lipinski definition) is 2. The third kappa shape index (κ3) is 4.76. The highest BCUT2D eigenvalue weighted by molar-refractivity contribution is 7.98. The summed E-state index contributed by atoms with van der Waals surface area (Å²) in [4.78, 5) is 24.1. The molecule has 0 spiro atoms. The molecule has 0 bridgehead atoms. The average molecular weight is 363 g/mol. The fourth-order valence-corrected chi connectivity index (χ4v) is 2.92. The molecule has 2 rings (SSSR count). The number of rotatable bonds is 6. The molecule has 0 aliphatic rings. The molecule has 2 amide bonds. The molecule has 0 saturated carbocycles. The first-order valence-corrected chi connectivity index (χ1v) is 9.08. The van der Waals surface area contributed by atoms with Crippen LogP contribution in [-0.4, -0.2) is 24.6 Å². The summed E-state index contributed by atoms with van der Waals surface area (Å²) in [5.41, 5.74) is 2.60. The SMILES string of the molecule is CCSCc1ccc(C(=O)Nc2ccc(Cl)c(C(=O)NC)c2)cc1. The Bertz CT molecular complexity index is 732. The van der Waals surface area contributed by atoms with Gasteiger partial charge in [-0.25, -0.2) is 0 Å². The number of anilines is 1. The van der Waals surface area contributed by atoms with Crippen LogP contribution < -0.4 is 10.6 Å². The number of benzene rings is 2. The van der Waals surface area contributed by atoms with Crippen molar-refractivity contribution < 1.29 is 9.59 Å². The largest absolute Gasteiger partial charge is 0.355 e. The van der Waals surface area contributed by atoms with Crippen molar-refractivity contribution in [3.63, 3.8) is 0 Å². The molecule has 0 aromatic heterocycles. The summed E-state index contributed by atoms with van der Waals surface area (Å²) in [6.45, 7) is 2.12. The van der Waals surface area contributed by atoms with E-state index >= 15 is 0 Å². The van der Waals surface area contributed by atoms with Gasteiger partial charge in [-0.05, 0) is 41.6 Å². The quantitative estimate of drug-likeness (QED) is 0.809. The molecule has 2 aromatic rings. The van der Waals surface area contributed by atoms with Crippen molar-refractivity contribution >= 4 is 40.9 Å². The number of carbonyl (C=O) groups excluding carboxylic acids is 2. The number of thioether (sulfide) groups is 1. The van der Waals surface area contributed by atoms with Crippen molar-refractivity contribution in [1.82, 2.24) is 5.32 Å². The summed E-state index contributed by atoms with van der Waals surface area (Å²) >= 11 is 7.84. The maximum atomic E-state index is 12.3. The van der Waals surface area contributed by atoms with Crippen LogP contribution in [-0.2, 0) is 5.75 Å². The van der Waals surface area contributed by atoms with Gasteiger partial charge < -0.3 is 10.6 Å². The summed E-state index contributed by atoms with van der Waals surface area (Å²) in [6, 6.07) is 12.3. The third-order valence-electron chi connectivity index (χ3n) is 3.38. The van der Waals surface area contributed by atoms with Crippen LogP contribution in [0.4, 0.5) is 5.69 Å². The van der Waals surface area contributed by atoms with Gasteiger partial charge in [0, 0.05) is 24.1 Å². The van der Waals surface area contributed by atoms with Gasteiger partial charge in [0.05, 0.1) is 10.6 Å². The van der Waals surface area contributed by atoms with E-state index in [0.29, 0.717) is 21.8 Å². The molecule has 2 aromatic carbocycles. The Morgan fingerprint density at radius 3 is 2.42 bits per heavy atom. The fourth-order valence-electron chi connectivity index (χ4n) is 2.09. The minimum absolute atomic E-state index is 0.227. The molecular weight excluding hydrogens is 344 g/mol. The maximum absolute atomic E-state index is 12.3. The van der Waals surface area contributed by atoms with Crippen molar-refractivity contribution in [2.24, 2.45) is 0 Å². The molecular formula is C18H19ClN2O2S. The van der Waals surface area contributed by atoms with E-state index in [1.807, 2.05) is 23.9 Å². The summed E-state index contributed by atoms with van der Waals surface area (Å²) < 4.78 is 0. The molecule has 0 aliphatic carbocycles. The molecule has 2 N–H and O–H groups in total. The van der Waals surface area contributed by atoms with Gasteiger partial charge in [-0.15, -0.1) is 0 Å². The first-order chi connectivity index (χ1) is 11.5. The molecule has 0 radical (unpaired) electrons. The molecule has 0 saturated heterocycles. The van der Waals surface area contributed by atoms with E-state index in [1.54, 1.807) is 30.3 Å². The van der Waals surface area contributed by atoms with E-state index in [9.17, 15) is 9.59 Å². The Balaban J connectivity index is 2.10. The van der Waals surface area contributed by atoms with Crippen molar-refractivity contribution in [2.75, 3.05) is 18.1 Å². The predicted molar refractivity (Wildman–Crippen MR) is 101 cm³/mol. The van der Waals surface area contributed by atoms with Gasteiger partial charge in [-0.2, -0.15) is 11.8 Å². The number of nitrogens with one attached hydrogen (secondary N) is 2. The highest BCUT2D eigenvalue weighted by atomic mass is 35.5. The van der Waals surface area contributed by atoms with Gasteiger partial charge in [0.15, 0.2) is 0 Å². The van der Waals surface area contributed by atoms with Crippen LogP contribution in [0.15, 0.2) is 42.5 Å². The van der Waals surface area contributed by atoms with E-state index in [-0.39, 0.29) is 11.8 Å². The second kappa shape index (κ2) is 8.76.